The molecule has 0 aliphatic carbocycles. The van der Waals surface area contributed by atoms with E-state index < -0.39 is 16.4 Å². The molecule has 0 saturated carbocycles. The van der Waals surface area contributed by atoms with Crippen LogP contribution in [0.1, 0.15) is 22.3 Å². The molecule has 0 aliphatic heterocycles. The van der Waals surface area contributed by atoms with E-state index >= 15 is 0 Å². The number of carbonyl (C=O) groups is 1. The molecule has 2 aromatic rings. The highest BCUT2D eigenvalue weighted by Gasteiger charge is 2.14. The van der Waals surface area contributed by atoms with Gasteiger partial charge >= 0.3 is 5.69 Å². The van der Waals surface area contributed by atoms with Gasteiger partial charge in [-0.25, -0.2) is 0 Å². The Bertz CT molecular complexity index is 641. The number of nitro benzene ring substituents is 1. The summed E-state index contributed by atoms with van der Waals surface area (Å²) in [5.41, 5.74) is 0.621. The van der Waals surface area contributed by atoms with Crippen LogP contribution < -0.4 is 0 Å². The first-order chi connectivity index (χ1) is 9.58. The summed E-state index contributed by atoms with van der Waals surface area (Å²) in [5, 5.41) is 10.5. The van der Waals surface area contributed by atoms with Crippen molar-refractivity contribution >= 4 is 11.5 Å². The van der Waals surface area contributed by atoms with Gasteiger partial charge in [0.1, 0.15) is 0 Å². The van der Waals surface area contributed by atoms with E-state index in [2.05, 4.69) is 0 Å². The molecule has 20 heavy (non-hydrogen) atoms. The molecule has 2 aromatic carbocycles. The highest BCUT2D eigenvalue weighted by molar-refractivity contribution is 5.96. The summed E-state index contributed by atoms with van der Waals surface area (Å²) in [5.74, 6) is -0.913. The molecule has 0 amide bonds. The fraction of sp³-hybridized carbons (Fsp3) is 0.133. The van der Waals surface area contributed by atoms with Gasteiger partial charge in [0.05, 0.1) is 4.92 Å². The van der Waals surface area contributed by atoms with E-state index in [-0.39, 0.29) is 12.2 Å². The van der Waals surface area contributed by atoms with Crippen LogP contribution in [0.2, 0.25) is 0 Å². The first-order valence-electron chi connectivity index (χ1n) is 6.09. The Balaban J connectivity index is 2.03. The number of ketones is 1. The Morgan fingerprint density at radius 2 is 1.85 bits per heavy atom. The molecular formula is C15H12FNO3. The SMILES string of the molecule is O=C(CCc1ccc([N+](=O)[O-])c(F)c1)c1ccccc1. The van der Waals surface area contributed by atoms with E-state index in [9.17, 15) is 19.3 Å². The van der Waals surface area contributed by atoms with Gasteiger partial charge in [0.25, 0.3) is 0 Å². The second-order valence-corrected chi connectivity index (χ2v) is 4.33. The summed E-state index contributed by atoms with van der Waals surface area (Å²) in [4.78, 5) is 21.6. The molecular weight excluding hydrogens is 261 g/mol. The van der Waals surface area contributed by atoms with Crippen molar-refractivity contribution < 1.29 is 14.1 Å². The van der Waals surface area contributed by atoms with E-state index in [1.807, 2.05) is 6.07 Å². The molecule has 0 aliphatic rings. The highest BCUT2D eigenvalue weighted by Crippen LogP contribution is 2.19. The van der Waals surface area contributed by atoms with Crippen LogP contribution in [0.15, 0.2) is 48.5 Å². The molecule has 0 fully saturated rings. The van der Waals surface area contributed by atoms with E-state index in [4.69, 9.17) is 0 Å². The maximum Gasteiger partial charge on any atom is 0.304 e. The molecule has 0 N–H and O–H groups in total. The first kappa shape index (κ1) is 13.9. The normalized spacial score (nSPS) is 10.2. The summed E-state index contributed by atoms with van der Waals surface area (Å²) < 4.78 is 13.4. The number of Topliss-reactive ketones (excluding diaryl/α,β-unsaturated/α-hetero) is 1. The lowest BCUT2D eigenvalue weighted by molar-refractivity contribution is -0.387. The number of rotatable bonds is 5. The van der Waals surface area contributed by atoms with Gasteiger partial charge in [-0.1, -0.05) is 36.4 Å². The molecule has 0 heterocycles. The third-order valence-corrected chi connectivity index (χ3v) is 2.95. The first-order valence-corrected chi connectivity index (χ1v) is 6.09. The Labute approximate surface area is 115 Å². The molecule has 4 nitrogen and oxygen atoms in total. The second-order valence-electron chi connectivity index (χ2n) is 4.33. The molecule has 5 heteroatoms. The Morgan fingerprint density at radius 3 is 2.45 bits per heavy atom. The Kier molecular flexibility index (Phi) is 4.20. The van der Waals surface area contributed by atoms with Crippen LogP contribution in [0.5, 0.6) is 0 Å². The fourth-order valence-electron chi connectivity index (χ4n) is 1.88. The van der Waals surface area contributed by atoms with Crippen molar-refractivity contribution in [3.05, 3.63) is 75.6 Å². The predicted octanol–water partition coefficient (Wildman–Crippen LogP) is 3.55. The van der Waals surface area contributed by atoms with Gasteiger partial charge in [-0.05, 0) is 18.1 Å². The van der Waals surface area contributed by atoms with Crippen LogP contribution in [-0.4, -0.2) is 10.7 Å². The highest BCUT2D eigenvalue weighted by atomic mass is 19.1. The van der Waals surface area contributed by atoms with Crippen molar-refractivity contribution in [2.24, 2.45) is 0 Å². The Hall–Kier alpha value is -2.56. The Morgan fingerprint density at radius 1 is 1.15 bits per heavy atom. The van der Waals surface area contributed by atoms with E-state index in [0.717, 1.165) is 12.1 Å². The van der Waals surface area contributed by atoms with Crippen LogP contribution in [0.3, 0.4) is 0 Å². The molecule has 0 unspecified atom stereocenters. The molecule has 0 atom stereocenters. The van der Waals surface area contributed by atoms with Crippen molar-refractivity contribution in [1.82, 2.24) is 0 Å². The van der Waals surface area contributed by atoms with Crippen molar-refractivity contribution in [2.45, 2.75) is 12.8 Å². The molecule has 0 bridgehead atoms. The number of carbonyl (C=O) groups excluding carboxylic acids is 1. The van der Waals surface area contributed by atoms with E-state index in [1.165, 1.54) is 6.07 Å². The summed E-state index contributed by atoms with van der Waals surface area (Å²) >= 11 is 0. The van der Waals surface area contributed by atoms with Gasteiger partial charge in [-0.2, -0.15) is 4.39 Å². The number of benzene rings is 2. The average molecular weight is 273 g/mol. The third-order valence-electron chi connectivity index (χ3n) is 2.95. The molecule has 0 spiro atoms. The molecule has 0 radical (unpaired) electrons. The van der Waals surface area contributed by atoms with Crippen molar-refractivity contribution in [2.75, 3.05) is 0 Å². The topological polar surface area (TPSA) is 60.2 Å². The van der Waals surface area contributed by atoms with E-state index in [0.29, 0.717) is 17.5 Å². The quantitative estimate of drug-likeness (QED) is 0.475. The van der Waals surface area contributed by atoms with Crippen molar-refractivity contribution in [3.63, 3.8) is 0 Å². The van der Waals surface area contributed by atoms with Gasteiger partial charge in [-0.15, -0.1) is 0 Å². The van der Waals surface area contributed by atoms with Gasteiger partial charge in [-0.3, -0.25) is 14.9 Å². The maximum atomic E-state index is 13.4. The lowest BCUT2D eigenvalue weighted by atomic mass is 10.0. The summed E-state index contributed by atoms with van der Waals surface area (Å²) in [6.07, 6.45) is 0.587. The zero-order valence-corrected chi connectivity index (χ0v) is 10.6. The van der Waals surface area contributed by atoms with Crippen LogP contribution in [0, 0.1) is 15.9 Å². The van der Waals surface area contributed by atoms with Crippen LogP contribution in [0.25, 0.3) is 0 Å². The molecule has 0 aromatic heterocycles. The average Bonchev–Trinajstić information content (AvgIpc) is 2.45. The van der Waals surface area contributed by atoms with Gasteiger partial charge in [0.15, 0.2) is 5.78 Å². The zero-order valence-electron chi connectivity index (χ0n) is 10.6. The molecule has 0 saturated heterocycles. The minimum atomic E-state index is -0.875. The van der Waals surface area contributed by atoms with Crippen LogP contribution >= 0.6 is 0 Å². The minimum Gasteiger partial charge on any atom is -0.294 e. The van der Waals surface area contributed by atoms with E-state index in [1.54, 1.807) is 24.3 Å². The largest absolute Gasteiger partial charge is 0.304 e. The zero-order chi connectivity index (χ0) is 14.5. The number of nitro groups is 1. The number of hydrogen-bond acceptors (Lipinski definition) is 3. The lowest BCUT2D eigenvalue weighted by Gasteiger charge is -2.02. The standard InChI is InChI=1S/C15H12FNO3/c16-13-10-11(6-8-14(13)17(19)20)7-9-15(18)12-4-2-1-3-5-12/h1-6,8,10H,7,9H2. The lowest BCUT2D eigenvalue weighted by Crippen LogP contribution is -2.01. The summed E-state index contributed by atoms with van der Waals surface area (Å²) in [6, 6.07) is 12.5. The number of nitrogens with zero attached hydrogens (tertiary/aromatic N) is 1. The summed E-state index contributed by atoms with van der Waals surface area (Å²) in [7, 11) is 0. The van der Waals surface area contributed by atoms with Crippen molar-refractivity contribution in [3.8, 4) is 0 Å². The maximum absolute atomic E-state index is 13.4. The van der Waals surface area contributed by atoms with Crippen LogP contribution in [-0.2, 0) is 6.42 Å². The van der Waals surface area contributed by atoms with Gasteiger partial charge in [0, 0.05) is 18.1 Å². The minimum absolute atomic E-state index is 0.0376. The fourth-order valence-corrected chi connectivity index (χ4v) is 1.88. The van der Waals surface area contributed by atoms with Gasteiger partial charge in [0.2, 0.25) is 5.82 Å². The number of aryl methyl sites for hydroxylation is 1. The predicted molar refractivity (Wildman–Crippen MR) is 72.1 cm³/mol. The monoisotopic (exact) mass is 273 g/mol. The van der Waals surface area contributed by atoms with Crippen molar-refractivity contribution in [1.29, 1.82) is 0 Å². The summed E-state index contributed by atoms with van der Waals surface area (Å²) in [6.45, 7) is 0. The smallest absolute Gasteiger partial charge is 0.294 e. The number of hydrogen-bond donors (Lipinski definition) is 0. The second kappa shape index (κ2) is 6.06. The molecule has 2 rings (SSSR count). The molecule has 102 valence electrons. The number of halogens is 1. The van der Waals surface area contributed by atoms with Crippen LogP contribution in [0.4, 0.5) is 10.1 Å². The third kappa shape index (κ3) is 3.26. The van der Waals surface area contributed by atoms with Gasteiger partial charge < -0.3 is 0 Å².